The predicted molar refractivity (Wildman–Crippen MR) is 68.6 cm³/mol. The third-order valence-electron chi connectivity index (χ3n) is 2.80. The summed E-state index contributed by atoms with van der Waals surface area (Å²) in [5, 5.41) is 4.40. The van der Waals surface area contributed by atoms with E-state index in [1.54, 1.807) is 0 Å². The molecule has 1 aliphatic heterocycles. The van der Waals surface area contributed by atoms with Crippen LogP contribution in [0.3, 0.4) is 0 Å². The third kappa shape index (κ3) is 5.23. The number of nitrogens with one attached hydrogen (secondary N) is 1. The van der Waals surface area contributed by atoms with E-state index in [1.807, 2.05) is 0 Å². The van der Waals surface area contributed by atoms with E-state index in [4.69, 9.17) is 4.74 Å². The number of thioether (sulfide) groups is 1. The monoisotopic (exact) mass is 231 g/mol. The van der Waals surface area contributed by atoms with Crippen LogP contribution in [-0.2, 0) is 4.74 Å². The van der Waals surface area contributed by atoms with Crippen LogP contribution in [0.15, 0.2) is 0 Å². The van der Waals surface area contributed by atoms with Crippen LogP contribution in [0.2, 0.25) is 0 Å². The van der Waals surface area contributed by atoms with Gasteiger partial charge in [0.2, 0.25) is 0 Å². The number of hydrogen-bond donors (Lipinski definition) is 1. The van der Waals surface area contributed by atoms with Gasteiger partial charge in [-0.25, -0.2) is 0 Å². The van der Waals surface area contributed by atoms with Crippen molar-refractivity contribution in [3.05, 3.63) is 0 Å². The number of rotatable bonds is 7. The average Bonchev–Trinajstić information content (AvgIpc) is 2.71. The van der Waals surface area contributed by atoms with Crippen LogP contribution in [0.1, 0.15) is 33.6 Å². The maximum atomic E-state index is 5.48. The molecule has 0 amide bonds. The maximum Gasteiger partial charge on any atom is 0.0510 e. The zero-order valence-corrected chi connectivity index (χ0v) is 11.1. The van der Waals surface area contributed by atoms with Crippen LogP contribution in [0.5, 0.6) is 0 Å². The van der Waals surface area contributed by atoms with Crippen LogP contribution in [0, 0.1) is 5.92 Å². The Hall–Kier alpha value is 0.270. The second kappa shape index (κ2) is 7.53. The molecule has 0 aromatic carbocycles. The molecule has 1 saturated heterocycles. The lowest BCUT2D eigenvalue weighted by Gasteiger charge is -2.24. The minimum absolute atomic E-state index is 0.653. The summed E-state index contributed by atoms with van der Waals surface area (Å²) in [5.41, 5.74) is 0. The van der Waals surface area contributed by atoms with Gasteiger partial charge < -0.3 is 10.1 Å². The molecular weight excluding hydrogens is 206 g/mol. The first-order chi connectivity index (χ1) is 7.24. The Bertz CT molecular complexity index is 158. The molecule has 1 rings (SSSR count). The van der Waals surface area contributed by atoms with Gasteiger partial charge in [0.1, 0.15) is 0 Å². The Morgan fingerprint density at radius 3 is 2.80 bits per heavy atom. The van der Waals surface area contributed by atoms with Crippen molar-refractivity contribution in [1.29, 1.82) is 0 Å². The van der Waals surface area contributed by atoms with Gasteiger partial charge in [0.25, 0.3) is 0 Å². The topological polar surface area (TPSA) is 21.3 Å². The van der Waals surface area contributed by atoms with E-state index < -0.39 is 0 Å². The second-order valence-electron chi connectivity index (χ2n) is 4.57. The molecule has 0 saturated carbocycles. The summed E-state index contributed by atoms with van der Waals surface area (Å²) < 4.78 is 5.48. The van der Waals surface area contributed by atoms with Gasteiger partial charge in [-0.15, -0.1) is 0 Å². The normalized spacial score (nSPS) is 23.6. The quantitative estimate of drug-likeness (QED) is 0.727. The molecule has 1 aliphatic rings. The van der Waals surface area contributed by atoms with Gasteiger partial charge in [0.05, 0.1) is 6.61 Å². The Labute approximate surface area is 98.5 Å². The minimum atomic E-state index is 0.653. The summed E-state index contributed by atoms with van der Waals surface area (Å²) in [4.78, 5) is 0. The lowest BCUT2D eigenvalue weighted by atomic mass is 10.0. The van der Waals surface area contributed by atoms with Crippen molar-refractivity contribution in [2.75, 3.05) is 25.5 Å². The van der Waals surface area contributed by atoms with E-state index in [2.05, 4.69) is 37.8 Å². The van der Waals surface area contributed by atoms with Crippen molar-refractivity contribution in [1.82, 2.24) is 5.32 Å². The summed E-state index contributed by atoms with van der Waals surface area (Å²) >= 11 is 2.06. The SMILES string of the molecule is CCCNC(CSC(C)C)C1CCOC1. The summed E-state index contributed by atoms with van der Waals surface area (Å²) in [6, 6.07) is 0.653. The summed E-state index contributed by atoms with van der Waals surface area (Å²) in [5.74, 6) is 1.97. The van der Waals surface area contributed by atoms with Crippen LogP contribution < -0.4 is 5.32 Å². The number of hydrogen-bond acceptors (Lipinski definition) is 3. The van der Waals surface area contributed by atoms with E-state index >= 15 is 0 Å². The lowest BCUT2D eigenvalue weighted by Crippen LogP contribution is -2.39. The minimum Gasteiger partial charge on any atom is -0.381 e. The standard InChI is InChI=1S/C12H25NOS/c1-4-6-13-12(9-15-10(2)3)11-5-7-14-8-11/h10-13H,4-9H2,1-3H3. The van der Waals surface area contributed by atoms with Gasteiger partial charge in [-0.2, -0.15) is 11.8 Å². The zero-order valence-electron chi connectivity index (χ0n) is 10.3. The van der Waals surface area contributed by atoms with Gasteiger partial charge in [-0.3, -0.25) is 0 Å². The first-order valence-corrected chi connectivity index (χ1v) is 7.21. The van der Waals surface area contributed by atoms with Crippen molar-refractivity contribution < 1.29 is 4.74 Å². The average molecular weight is 231 g/mol. The molecule has 0 bridgehead atoms. The van der Waals surface area contributed by atoms with Crippen LogP contribution in [0.25, 0.3) is 0 Å². The van der Waals surface area contributed by atoms with E-state index in [0.717, 1.165) is 30.9 Å². The molecule has 1 N–H and O–H groups in total. The van der Waals surface area contributed by atoms with Gasteiger partial charge in [-0.05, 0) is 24.6 Å². The predicted octanol–water partition coefficient (Wildman–Crippen LogP) is 2.53. The third-order valence-corrected chi connectivity index (χ3v) is 4.02. The highest BCUT2D eigenvalue weighted by molar-refractivity contribution is 7.99. The van der Waals surface area contributed by atoms with Gasteiger partial charge in [0, 0.05) is 24.3 Å². The van der Waals surface area contributed by atoms with Gasteiger partial charge in [0.15, 0.2) is 0 Å². The smallest absolute Gasteiger partial charge is 0.0510 e. The fourth-order valence-electron chi connectivity index (χ4n) is 1.86. The molecule has 90 valence electrons. The van der Waals surface area contributed by atoms with E-state index in [-0.39, 0.29) is 0 Å². The van der Waals surface area contributed by atoms with Crippen molar-refractivity contribution in [2.24, 2.45) is 5.92 Å². The number of ether oxygens (including phenoxy) is 1. The molecule has 2 atom stereocenters. The summed E-state index contributed by atoms with van der Waals surface area (Å²) in [6.45, 7) is 9.82. The fourth-order valence-corrected chi connectivity index (χ4v) is 2.84. The Kier molecular flexibility index (Phi) is 6.69. The first-order valence-electron chi connectivity index (χ1n) is 6.16. The second-order valence-corrected chi connectivity index (χ2v) is 6.18. The summed E-state index contributed by atoms with van der Waals surface area (Å²) in [7, 11) is 0. The maximum absolute atomic E-state index is 5.48. The molecule has 2 nitrogen and oxygen atoms in total. The van der Waals surface area contributed by atoms with Crippen molar-refractivity contribution in [3.63, 3.8) is 0 Å². The van der Waals surface area contributed by atoms with Crippen molar-refractivity contribution in [2.45, 2.75) is 44.9 Å². The molecule has 3 heteroatoms. The van der Waals surface area contributed by atoms with Crippen LogP contribution in [0.4, 0.5) is 0 Å². The van der Waals surface area contributed by atoms with Crippen molar-refractivity contribution in [3.8, 4) is 0 Å². The fraction of sp³-hybridized carbons (Fsp3) is 1.00. The van der Waals surface area contributed by atoms with E-state index in [9.17, 15) is 0 Å². The zero-order chi connectivity index (χ0) is 11.1. The molecule has 0 aromatic rings. The molecule has 1 heterocycles. The molecule has 15 heavy (non-hydrogen) atoms. The first kappa shape index (κ1) is 13.3. The summed E-state index contributed by atoms with van der Waals surface area (Å²) in [6.07, 6.45) is 2.45. The molecule has 1 fully saturated rings. The van der Waals surface area contributed by atoms with Crippen LogP contribution >= 0.6 is 11.8 Å². The highest BCUT2D eigenvalue weighted by atomic mass is 32.2. The van der Waals surface area contributed by atoms with Crippen molar-refractivity contribution >= 4 is 11.8 Å². The molecule has 0 aliphatic carbocycles. The van der Waals surface area contributed by atoms with Gasteiger partial charge in [-0.1, -0.05) is 20.8 Å². The lowest BCUT2D eigenvalue weighted by molar-refractivity contribution is 0.179. The van der Waals surface area contributed by atoms with E-state index in [1.165, 1.54) is 18.6 Å². The molecular formula is C12H25NOS. The Morgan fingerprint density at radius 2 is 2.27 bits per heavy atom. The highest BCUT2D eigenvalue weighted by Gasteiger charge is 2.25. The molecule has 2 unspecified atom stereocenters. The molecule has 0 spiro atoms. The van der Waals surface area contributed by atoms with E-state index in [0.29, 0.717) is 6.04 Å². The Balaban J connectivity index is 2.30. The largest absolute Gasteiger partial charge is 0.381 e. The molecule has 0 radical (unpaired) electrons. The molecule has 0 aromatic heterocycles. The Morgan fingerprint density at radius 1 is 1.47 bits per heavy atom. The van der Waals surface area contributed by atoms with Crippen LogP contribution in [-0.4, -0.2) is 36.8 Å². The highest BCUT2D eigenvalue weighted by Crippen LogP contribution is 2.21. The van der Waals surface area contributed by atoms with Gasteiger partial charge >= 0.3 is 0 Å².